The van der Waals surface area contributed by atoms with Gasteiger partial charge in [-0.1, -0.05) is 0 Å². The van der Waals surface area contributed by atoms with E-state index in [2.05, 4.69) is 0 Å². The third kappa shape index (κ3) is 3.81. The third-order valence-corrected chi connectivity index (χ3v) is 4.51. The predicted molar refractivity (Wildman–Crippen MR) is 89.3 cm³/mol. The lowest BCUT2D eigenvalue weighted by Gasteiger charge is -2.33. The molecule has 136 valence electrons. The molecule has 1 amide bonds. The molecule has 7 heteroatoms. The molecule has 25 heavy (non-hydrogen) atoms. The highest BCUT2D eigenvalue weighted by atomic mass is 16.6. The van der Waals surface area contributed by atoms with Crippen LogP contribution in [-0.2, 0) is 9.53 Å². The molecule has 2 aliphatic rings. The van der Waals surface area contributed by atoms with E-state index in [1.54, 1.807) is 11.0 Å². The highest BCUT2D eigenvalue weighted by molar-refractivity contribution is 5.93. The van der Waals surface area contributed by atoms with Crippen molar-refractivity contribution in [2.24, 2.45) is 0 Å². The van der Waals surface area contributed by atoms with Gasteiger partial charge in [0.15, 0.2) is 18.1 Å². The number of carbonyl (C=O) groups is 2. The Labute approximate surface area is 146 Å². The summed E-state index contributed by atoms with van der Waals surface area (Å²) in [4.78, 5) is 26.4. The SMILES string of the molecule is COc1cc(C(=O)OCC(=O)N2CCCC[C@H]2C)cc2c1OCCO2. The third-order valence-electron chi connectivity index (χ3n) is 4.51. The molecule has 1 atom stereocenters. The summed E-state index contributed by atoms with van der Waals surface area (Å²) in [5, 5.41) is 0. The van der Waals surface area contributed by atoms with E-state index in [0.29, 0.717) is 30.5 Å². The maximum absolute atomic E-state index is 12.3. The fraction of sp³-hybridized carbons (Fsp3) is 0.556. The number of methoxy groups -OCH3 is 1. The lowest BCUT2D eigenvalue weighted by molar-refractivity contribution is -0.137. The van der Waals surface area contributed by atoms with Crippen molar-refractivity contribution in [1.82, 2.24) is 4.90 Å². The normalized spacial score (nSPS) is 19.3. The summed E-state index contributed by atoms with van der Waals surface area (Å²) in [6.07, 6.45) is 3.10. The Morgan fingerprint density at radius 3 is 2.80 bits per heavy atom. The summed E-state index contributed by atoms with van der Waals surface area (Å²) < 4.78 is 21.5. The molecular formula is C18H23NO6. The van der Waals surface area contributed by atoms with Crippen LogP contribution in [-0.4, -0.2) is 56.3 Å². The molecule has 7 nitrogen and oxygen atoms in total. The first kappa shape index (κ1) is 17.4. The number of benzene rings is 1. The fourth-order valence-electron chi connectivity index (χ4n) is 3.15. The van der Waals surface area contributed by atoms with Crippen molar-refractivity contribution in [3.63, 3.8) is 0 Å². The molecule has 0 radical (unpaired) electrons. The van der Waals surface area contributed by atoms with Crippen LogP contribution in [0.1, 0.15) is 36.5 Å². The van der Waals surface area contributed by atoms with Crippen LogP contribution >= 0.6 is 0 Å². The van der Waals surface area contributed by atoms with Crippen LogP contribution in [0.5, 0.6) is 17.2 Å². The van der Waals surface area contributed by atoms with Crippen LogP contribution in [0.3, 0.4) is 0 Å². The standard InChI is InChI=1S/C18H23NO6/c1-12-5-3-4-6-19(12)16(20)11-25-18(21)13-9-14(22-2)17-15(10-13)23-7-8-24-17/h9-10,12H,3-8,11H2,1-2H3/t12-/m1/s1. The first-order valence-corrected chi connectivity index (χ1v) is 8.54. The Morgan fingerprint density at radius 1 is 1.24 bits per heavy atom. The van der Waals surface area contributed by atoms with Crippen molar-refractivity contribution < 1.29 is 28.5 Å². The Kier molecular flexibility index (Phi) is 5.31. The first-order chi connectivity index (χ1) is 12.1. The van der Waals surface area contributed by atoms with Gasteiger partial charge in [-0.05, 0) is 38.3 Å². The van der Waals surface area contributed by atoms with Crippen molar-refractivity contribution in [3.05, 3.63) is 17.7 Å². The maximum Gasteiger partial charge on any atom is 0.338 e. The van der Waals surface area contributed by atoms with E-state index in [0.717, 1.165) is 25.8 Å². The molecule has 0 spiro atoms. The highest BCUT2D eigenvalue weighted by Gasteiger charge is 2.25. The van der Waals surface area contributed by atoms with Crippen LogP contribution in [0.25, 0.3) is 0 Å². The Bertz CT molecular complexity index is 642. The number of amides is 1. The van der Waals surface area contributed by atoms with E-state index in [4.69, 9.17) is 18.9 Å². The lowest BCUT2D eigenvalue weighted by Crippen LogP contribution is -2.44. The molecule has 1 aromatic carbocycles. The van der Waals surface area contributed by atoms with Crippen molar-refractivity contribution in [2.45, 2.75) is 32.2 Å². The van der Waals surface area contributed by atoms with Crippen molar-refractivity contribution >= 4 is 11.9 Å². The Hall–Kier alpha value is -2.44. The average Bonchev–Trinajstić information content (AvgIpc) is 2.65. The maximum atomic E-state index is 12.3. The van der Waals surface area contributed by atoms with Crippen LogP contribution in [0.2, 0.25) is 0 Å². The van der Waals surface area contributed by atoms with Gasteiger partial charge in [0.2, 0.25) is 5.75 Å². The van der Waals surface area contributed by atoms with Gasteiger partial charge in [-0.3, -0.25) is 4.79 Å². The zero-order chi connectivity index (χ0) is 17.8. The number of rotatable bonds is 4. The number of nitrogens with zero attached hydrogens (tertiary/aromatic N) is 1. The first-order valence-electron chi connectivity index (χ1n) is 8.54. The smallest absolute Gasteiger partial charge is 0.338 e. The summed E-state index contributed by atoms with van der Waals surface area (Å²) in [7, 11) is 1.49. The van der Waals surface area contributed by atoms with Gasteiger partial charge in [0.25, 0.3) is 5.91 Å². The van der Waals surface area contributed by atoms with Crippen LogP contribution in [0, 0.1) is 0 Å². The molecule has 1 aromatic rings. The molecule has 1 fully saturated rings. The summed E-state index contributed by atoms with van der Waals surface area (Å²) in [6.45, 7) is 3.30. The van der Waals surface area contributed by atoms with E-state index in [9.17, 15) is 9.59 Å². The number of esters is 1. The lowest BCUT2D eigenvalue weighted by atomic mass is 10.0. The van der Waals surface area contributed by atoms with Gasteiger partial charge in [-0.15, -0.1) is 0 Å². The number of hydrogen-bond donors (Lipinski definition) is 0. The Morgan fingerprint density at radius 2 is 2.04 bits per heavy atom. The van der Waals surface area contributed by atoms with Crippen molar-refractivity contribution in [2.75, 3.05) is 33.5 Å². The molecule has 0 N–H and O–H groups in total. The minimum absolute atomic E-state index is 0.162. The van der Waals surface area contributed by atoms with Crippen LogP contribution in [0.15, 0.2) is 12.1 Å². The van der Waals surface area contributed by atoms with Gasteiger partial charge in [0.05, 0.1) is 12.7 Å². The van der Waals surface area contributed by atoms with Gasteiger partial charge < -0.3 is 23.8 Å². The van der Waals surface area contributed by atoms with Gasteiger partial charge >= 0.3 is 5.97 Å². The fourth-order valence-corrected chi connectivity index (χ4v) is 3.15. The number of hydrogen-bond acceptors (Lipinski definition) is 6. The number of carbonyl (C=O) groups excluding carboxylic acids is 2. The molecule has 1 saturated heterocycles. The van der Waals surface area contributed by atoms with Crippen LogP contribution < -0.4 is 14.2 Å². The number of ether oxygens (including phenoxy) is 4. The molecule has 0 bridgehead atoms. The Balaban J connectivity index is 1.66. The van der Waals surface area contributed by atoms with Gasteiger partial charge in [0, 0.05) is 12.6 Å². The second-order valence-electron chi connectivity index (χ2n) is 6.21. The quantitative estimate of drug-likeness (QED) is 0.775. The molecule has 2 heterocycles. The molecule has 0 unspecified atom stereocenters. The van der Waals surface area contributed by atoms with E-state index >= 15 is 0 Å². The summed E-state index contributed by atoms with van der Waals surface area (Å²) >= 11 is 0. The second-order valence-corrected chi connectivity index (χ2v) is 6.21. The number of fused-ring (bicyclic) bond motifs is 1. The molecule has 2 aliphatic heterocycles. The summed E-state index contributed by atoms with van der Waals surface area (Å²) in [5.74, 6) is 0.565. The monoisotopic (exact) mass is 349 g/mol. The molecule has 0 saturated carbocycles. The molecule has 0 aliphatic carbocycles. The largest absolute Gasteiger partial charge is 0.493 e. The number of piperidine rings is 1. The van der Waals surface area contributed by atoms with Gasteiger partial charge in [-0.2, -0.15) is 0 Å². The van der Waals surface area contributed by atoms with E-state index in [-0.39, 0.29) is 24.1 Å². The van der Waals surface area contributed by atoms with Gasteiger partial charge in [-0.25, -0.2) is 4.79 Å². The minimum Gasteiger partial charge on any atom is -0.493 e. The zero-order valence-corrected chi connectivity index (χ0v) is 14.6. The topological polar surface area (TPSA) is 74.3 Å². The predicted octanol–water partition coefficient (Wildman–Crippen LogP) is 2.02. The van der Waals surface area contributed by atoms with Gasteiger partial charge in [0.1, 0.15) is 13.2 Å². The molecule has 0 aromatic heterocycles. The molecular weight excluding hydrogens is 326 g/mol. The highest BCUT2D eigenvalue weighted by Crippen LogP contribution is 2.40. The second kappa shape index (κ2) is 7.63. The van der Waals surface area contributed by atoms with Crippen LogP contribution in [0.4, 0.5) is 0 Å². The summed E-state index contributed by atoms with van der Waals surface area (Å²) in [5.41, 5.74) is 0.264. The van der Waals surface area contributed by atoms with E-state index in [1.165, 1.54) is 13.2 Å². The summed E-state index contributed by atoms with van der Waals surface area (Å²) in [6, 6.07) is 3.27. The molecule has 3 rings (SSSR count). The average molecular weight is 349 g/mol. The van der Waals surface area contributed by atoms with Crippen molar-refractivity contribution in [1.29, 1.82) is 0 Å². The van der Waals surface area contributed by atoms with E-state index < -0.39 is 5.97 Å². The minimum atomic E-state index is -0.590. The van der Waals surface area contributed by atoms with E-state index in [1.807, 2.05) is 6.92 Å². The zero-order valence-electron chi connectivity index (χ0n) is 14.6. The number of likely N-dealkylation sites (tertiary alicyclic amines) is 1. The van der Waals surface area contributed by atoms with Crippen molar-refractivity contribution in [3.8, 4) is 17.2 Å².